The summed E-state index contributed by atoms with van der Waals surface area (Å²) >= 11 is 0. The fourth-order valence-electron chi connectivity index (χ4n) is 2.98. The molecule has 2 N–H and O–H groups in total. The molecule has 2 fully saturated rings. The van der Waals surface area contributed by atoms with E-state index in [0.717, 1.165) is 5.69 Å². The van der Waals surface area contributed by atoms with Gasteiger partial charge in [-0.05, 0) is 38.3 Å². The zero-order valence-corrected chi connectivity index (χ0v) is 12.3. The Hall–Kier alpha value is -2.37. The number of benzene rings is 1. The van der Waals surface area contributed by atoms with Gasteiger partial charge in [0.15, 0.2) is 0 Å². The lowest BCUT2D eigenvalue weighted by Gasteiger charge is -2.21. The van der Waals surface area contributed by atoms with Gasteiger partial charge in [0, 0.05) is 11.7 Å². The second-order valence-corrected chi connectivity index (χ2v) is 6.04. The summed E-state index contributed by atoms with van der Waals surface area (Å²) in [6, 6.07) is 8.57. The number of carboxylic acid groups (broad SMARTS) is 1. The first-order valence-electron chi connectivity index (χ1n) is 7.38. The topological polar surface area (TPSA) is 86.7 Å². The molecule has 22 heavy (non-hydrogen) atoms. The Morgan fingerprint density at radius 1 is 1.27 bits per heavy atom. The van der Waals surface area contributed by atoms with E-state index in [1.807, 2.05) is 37.3 Å². The molecule has 1 heterocycles. The highest BCUT2D eigenvalue weighted by Crippen LogP contribution is 2.46. The Morgan fingerprint density at radius 2 is 1.91 bits per heavy atom. The maximum absolute atomic E-state index is 12.5. The minimum absolute atomic E-state index is 0.0415. The number of nitrogens with one attached hydrogen (secondary N) is 1. The Balaban J connectivity index is 1.73. The minimum atomic E-state index is -1.32. The molecule has 1 saturated heterocycles. The average molecular weight is 302 g/mol. The van der Waals surface area contributed by atoms with Gasteiger partial charge in [-0.3, -0.25) is 14.4 Å². The largest absolute Gasteiger partial charge is 0.480 e. The number of para-hydroxylation sites is 1. The van der Waals surface area contributed by atoms with E-state index in [0.29, 0.717) is 19.3 Å². The Morgan fingerprint density at radius 3 is 2.45 bits per heavy atom. The molecule has 1 aromatic carbocycles. The van der Waals surface area contributed by atoms with Gasteiger partial charge in [-0.25, -0.2) is 0 Å². The van der Waals surface area contributed by atoms with Gasteiger partial charge in [-0.2, -0.15) is 0 Å². The number of hydrogen-bond acceptors (Lipinski definition) is 3. The molecule has 1 aliphatic heterocycles. The van der Waals surface area contributed by atoms with Crippen molar-refractivity contribution in [1.29, 1.82) is 0 Å². The minimum Gasteiger partial charge on any atom is -0.480 e. The van der Waals surface area contributed by atoms with Crippen molar-refractivity contribution in [1.82, 2.24) is 5.32 Å². The molecule has 116 valence electrons. The lowest BCUT2D eigenvalue weighted by molar-refractivity contribution is -0.149. The van der Waals surface area contributed by atoms with E-state index in [2.05, 4.69) is 5.32 Å². The van der Waals surface area contributed by atoms with E-state index in [1.54, 1.807) is 4.90 Å². The Kier molecular flexibility index (Phi) is 3.39. The van der Waals surface area contributed by atoms with Crippen LogP contribution in [0.5, 0.6) is 0 Å². The first-order valence-corrected chi connectivity index (χ1v) is 7.38. The molecular weight excluding hydrogens is 284 g/mol. The number of aliphatic carboxylic acids is 1. The van der Waals surface area contributed by atoms with E-state index in [4.69, 9.17) is 5.11 Å². The first-order chi connectivity index (χ1) is 10.5. The van der Waals surface area contributed by atoms with Crippen LogP contribution in [0.3, 0.4) is 0 Å². The predicted molar refractivity (Wildman–Crippen MR) is 79.2 cm³/mol. The molecule has 6 heteroatoms. The van der Waals surface area contributed by atoms with E-state index < -0.39 is 23.3 Å². The normalized spacial score (nSPS) is 25.9. The molecule has 0 radical (unpaired) electrons. The summed E-state index contributed by atoms with van der Waals surface area (Å²) in [5.41, 5.74) is -0.528. The van der Waals surface area contributed by atoms with Crippen molar-refractivity contribution in [3.63, 3.8) is 0 Å². The summed E-state index contributed by atoms with van der Waals surface area (Å²) in [4.78, 5) is 37.5. The second kappa shape index (κ2) is 5.12. The number of carbonyl (C=O) groups excluding carboxylic acids is 2. The number of hydrogen-bond donors (Lipinski definition) is 2. The van der Waals surface area contributed by atoms with Crippen molar-refractivity contribution in [3.8, 4) is 0 Å². The van der Waals surface area contributed by atoms with Crippen molar-refractivity contribution >= 4 is 23.5 Å². The highest BCUT2D eigenvalue weighted by atomic mass is 16.4. The smallest absolute Gasteiger partial charge is 0.319 e. The second-order valence-electron chi connectivity index (χ2n) is 6.04. The molecule has 2 atom stereocenters. The van der Waals surface area contributed by atoms with Gasteiger partial charge in [-0.15, -0.1) is 0 Å². The van der Waals surface area contributed by atoms with Gasteiger partial charge in [0.2, 0.25) is 11.8 Å². The van der Waals surface area contributed by atoms with Crippen LogP contribution in [-0.2, 0) is 14.4 Å². The molecule has 2 aliphatic rings. The number of anilines is 1. The third-order valence-corrected chi connectivity index (χ3v) is 4.49. The average Bonchev–Trinajstić information content (AvgIpc) is 3.25. The number of rotatable bonds is 4. The third-order valence-electron chi connectivity index (χ3n) is 4.49. The lowest BCUT2D eigenvalue weighted by Crippen LogP contribution is -2.46. The van der Waals surface area contributed by atoms with Crippen LogP contribution >= 0.6 is 0 Å². The summed E-state index contributed by atoms with van der Waals surface area (Å²) in [5, 5.41) is 11.8. The van der Waals surface area contributed by atoms with Crippen LogP contribution < -0.4 is 10.2 Å². The van der Waals surface area contributed by atoms with Crippen molar-refractivity contribution in [2.45, 2.75) is 38.3 Å². The van der Waals surface area contributed by atoms with Gasteiger partial charge in [-0.1, -0.05) is 18.2 Å². The van der Waals surface area contributed by atoms with Crippen LogP contribution in [0.15, 0.2) is 30.3 Å². The Labute approximate surface area is 128 Å². The van der Waals surface area contributed by atoms with Crippen LogP contribution in [-0.4, -0.2) is 35.0 Å². The van der Waals surface area contributed by atoms with Crippen LogP contribution in [0.2, 0.25) is 0 Å². The number of carboxylic acids is 1. The van der Waals surface area contributed by atoms with Crippen molar-refractivity contribution < 1.29 is 19.5 Å². The molecule has 0 spiro atoms. The number of carbonyl (C=O) groups is 3. The quantitative estimate of drug-likeness (QED) is 0.817. The highest BCUT2D eigenvalue weighted by molar-refractivity contribution is 6.08. The monoisotopic (exact) mass is 302 g/mol. The molecule has 1 aromatic rings. The fraction of sp³-hybridized carbons (Fsp3) is 0.438. The van der Waals surface area contributed by atoms with Gasteiger partial charge in [0.25, 0.3) is 0 Å². The fourth-order valence-corrected chi connectivity index (χ4v) is 2.98. The number of nitrogens with zero attached hydrogens (tertiary/aromatic N) is 1. The zero-order valence-electron chi connectivity index (χ0n) is 12.3. The highest BCUT2D eigenvalue weighted by Gasteiger charge is 2.58. The summed E-state index contributed by atoms with van der Waals surface area (Å²) < 4.78 is 0. The van der Waals surface area contributed by atoms with Crippen LogP contribution in [0.1, 0.15) is 26.2 Å². The molecule has 0 bridgehead atoms. The molecule has 0 aromatic heterocycles. The van der Waals surface area contributed by atoms with Crippen LogP contribution in [0.4, 0.5) is 5.69 Å². The SMILES string of the molecule is C[C@H]1C[C@@H](NC(=O)C2(C(=O)O)CC2)C(=O)N1c1ccccc1. The summed E-state index contributed by atoms with van der Waals surface area (Å²) in [6.07, 6.45) is 1.16. The molecule has 6 nitrogen and oxygen atoms in total. The van der Waals surface area contributed by atoms with Gasteiger partial charge >= 0.3 is 5.97 Å². The number of amides is 2. The maximum atomic E-state index is 12.5. The Bertz CT molecular complexity index is 624. The standard InChI is InChI=1S/C16H18N2O4/c1-10-9-12(17-14(20)16(7-8-16)15(21)22)13(19)18(10)11-5-3-2-4-6-11/h2-6,10,12H,7-9H2,1H3,(H,17,20)(H,21,22)/t10-,12+/m0/s1. The molecule has 3 rings (SSSR count). The predicted octanol–water partition coefficient (Wildman–Crippen LogP) is 1.16. The van der Waals surface area contributed by atoms with Gasteiger partial charge in [0.1, 0.15) is 11.5 Å². The molecule has 2 amide bonds. The van der Waals surface area contributed by atoms with Crippen molar-refractivity contribution in [3.05, 3.63) is 30.3 Å². The summed E-state index contributed by atoms with van der Waals surface area (Å²) in [5.74, 6) is -1.84. The summed E-state index contributed by atoms with van der Waals surface area (Å²) in [7, 11) is 0. The van der Waals surface area contributed by atoms with E-state index in [9.17, 15) is 14.4 Å². The van der Waals surface area contributed by atoms with Crippen LogP contribution in [0.25, 0.3) is 0 Å². The lowest BCUT2D eigenvalue weighted by atomic mass is 10.1. The van der Waals surface area contributed by atoms with Gasteiger partial charge in [0.05, 0.1) is 0 Å². The van der Waals surface area contributed by atoms with Crippen molar-refractivity contribution in [2.75, 3.05) is 4.90 Å². The summed E-state index contributed by atoms with van der Waals surface area (Å²) in [6.45, 7) is 1.92. The van der Waals surface area contributed by atoms with E-state index in [1.165, 1.54) is 0 Å². The molecule has 1 saturated carbocycles. The van der Waals surface area contributed by atoms with Crippen molar-refractivity contribution in [2.24, 2.45) is 5.41 Å². The maximum Gasteiger partial charge on any atom is 0.319 e. The molecular formula is C16H18N2O4. The third kappa shape index (κ3) is 2.24. The van der Waals surface area contributed by atoms with Crippen LogP contribution in [0, 0.1) is 5.41 Å². The van der Waals surface area contributed by atoms with E-state index in [-0.39, 0.29) is 11.9 Å². The zero-order chi connectivity index (χ0) is 15.9. The van der Waals surface area contributed by atoms with E-state index >= 15 is 0 Å². The first kappa shape index (κ1) is 14.6. The van der Waals surface area contributed by atoms with Gasteiger partial charge < -0.3 is 15.3 Å². The molecule has 1 aliphatic carbocycles. The molecule has 0 unspecified atom stereocenters.